The molecular formula is C29H32BN3O5. The highest BCUT2D eigenvalue weighted by molar-refractivity contribution is 6.04. The number of hydrogen-bond acceptors (Lipinski definition) is 7. The van der Waals surface area contributed by atoms with Crippen molar-refractivity contribution in [3.63, 3.8) is 0 Å². The van der Waals surface area contributed by atoms with Crippen LogP contribution in [0.25, 0.3) is 17.0 Å². The van der Waals surface area contributed by atoms with Crippen LogP contribution in [0.5, 0.6) is 17.2 Å². The summed E-state index contributed by atoms with van der Waals surface area (Å²) in [6.45, 7) is 4.94. The lowest BCUT2D eigenvalue weighted by Gasteiger charge is -2.37. The lowest BCUT2D eigenvalue weighted by molar-refractivity contribution is -0.104. The van der Waals surface area contributed by atoms with Gasteiger partial charge in [0, 0.05) is 43.2 Å². The standard InChI is InChI=1S/C29H32BN3O5/c1-36-24-18-22(3-2-14-34)25-5-7-29(35)32(26(25)19-24)13-12-31-10-8-23(9-11-31)33(30)20-21-4-6-27-28(17-21)38-16-15-37-27/h2-7,14,17-19,23H,8-13,15-16,20H2,1H3/b3-2+. The Morgan fingerprint density at radius 3 is 2.61 bits per heavy atom. The maximum atomic E-state index is 12.8. The van der Waals surface area contributed by atoms with E-state index >= 15 is 0 Å². The van der Waals surface area contributed by atoms with Crippen molar-refractivity contribution in [1.82, 2.24) is 14.3 Å². The van der Waals surface area contributed by atoms with Crippen molar-refractivity contribution in [2.75, 3.05) is 40.0 Å². The van der Waals surface area contributed by atoms with Crippen LogP contribution >= 0.6 is 0 Å². The van der Waals surface area contributed by atoms with E-state index in [0.29, 0.717) is 32.1 Å². The van der Waals surface area contributed by atoms with Crippen molar-refractivity contribution in [2.24, 2.45) is 0 Å². The average molecular weight is 513 g/mol. The molecule has 0 aliphatic carbocycles. The summed E-state index contributed by atoms with van der Waals surface area (Å²) in [6, 6.07) is 13.4. The minimum atomic E-state index is -0.0569. The molecule has 38 heavy (non-hydrogen) atoms. The molecule has 0 N–H and O–H groups in total. The third-order valence-corrected chi connectivity index (χ3v) is 7.34. The third-order valence-electron chi connectivity index (χ3n) is 7.34. The van der Waals surface area contributed by atoms with Gasteiger partial charge in [0.05, 0.1) is 12.6 Å². The molecule has 8 nitrogen and oxygen atoms in total. The van der Waals surface area contributed by atoms with Gasteiger partial charge in [-0.2, -0.15) is 0 Å². The van der Waals surface area contributed by atoms with Crippen molar-refractivity contribution in [3.8, 4) is 17.2 Å². The monoisotopic (exact) mass is 513 g/mol. The number of methoxy groups -OCH3 is 1. The summed E-state index contributed by atoms with van der Waals surface area (Å²) in [5.74, 6) is 2.21. The van der Waals surface area contributed by atoms with Crippen LogP contribution < -0.4 is 19.8 Å². The number of carbonyl (C=O) groups is 1. The zero-order valence-corrected chi connectivity index (χ0v) is 21.7. The smallest absolute Gasteiger partial charge is 0.251 e. The van der Waals surface area contributed by atoms with Crippen LogP contribution in [0.4, 0.5) is 0 Å². The molecule has 5 rings (SSSR count). The van der Waals surface area contributed by atoms with Crippen LogP contribution in [0.1, 0.15) is 24.0 Å². The molecule has 0 unspecified atom stereocenters. The van der Waals surface area contributed by atoms with E-state index in [9.17, 15) is 9.59 Å². The normalized spacial score (nSPS) is 16.4. The largest absolute Gasteiger partial charge is 0.497 e. The number of aromatic nitrogens is 1. The van der Waals surface area contributed by atoms with Crippen molar-refractivity contribution in [1.29, 1.82) is 0 Å². The van der Waals surface area contributed by atoms with Crippen molar-refractivity contribution in [3.05, 3.63) is 70.0 Å². The van der Waals surface area contributed by atoms with Gasteiger partial charge in [-0.05, 0) is 67.4 Å². The van der Waals surface area contributed by atoms with Crippen molar-refractivity contribution >= 4 is 31.2 Å². The Hall–Kier alpha value is -3.56. The molecule has 0 atom stereocenters. The summed E-state index contributed by atoms with van der Waals surface area (Å²) >= 11 is 0. The number of likely N-dealkylation sites (tertiary alicyclic amines) is 1. The minimum absolute atomic E-state index is 0.0569. The summed E-state index contributed by atoms with van der Waals surface area (Å²) < 4.78 is 18.6. The quantitative estimate of drug-likeness (QED) is 0.248. The summed E-state index contributed by atoms with van der Waals surface area (Å²) in [4.78, 5) is 28.0. The highest BCUT2D eigenvalue weighted by Gasteiger charge is 2.23. The number of ether oxygens (including phenoxy) is 3. The number of rotatable bonds is 9. The zero-order valence-electron chi connectivity index (χ0n) is 21.7. The Bertz CT molecular complexity index is 1380. The van der Waals surface area contributed by atoms with Crippen LogP contribution in [0, 0.1) is 0 Å². The molecule has 1 fully saturated rings. The maximum absolute atomic E-state index is 12.8. The second-order valence-corrected chi connectivity index (χ2v) is 9.69. The van der Waals surface area contributed by atoms with E-state index in [1.807, 2.05) is 35.1 Å². The number of benzene rings is 2. The molecule has 1 aromatic heterocycles. The summed E-state index contributed by atoms with van der Waals surface area (Å²) in [5, 5.41) is 0.903. The van der Waals surface area contributed by atoms with Gasteiger partial charge in [0.15, 0.2) is 19.5 Å². The molecular weight excluding hydrogens is 481 g/mol. The first-order valence-corrected chi connectivity index (χ1v) is 13.0. The van der Waals surface area contributed by atoms with E-state index < -0.39 is 0 Å². The molecule has 3 heterocycles. The van der Waals surface area contributed by atoms with E-state index in [-0.39, 0.29) is 11.6 Å². The van der Waals surface area contributed by atoms with Gasteiger partial charge in [0.2, 0.25) is 0 Å². The molecule has 2 aliphatic rings. The Kier molecular flexibility index (Phi) is 8.15. The van der Waals surface area contributed by atoms with Gasteiger partial charge in [0.1, 0.15) is 25.2 Å². The summed E-state index contributed by atoms with van der Waals surface area (Å²) in [5.41, 5.74) is 2.68. The molecule has 0 bridgehead atoms. The number of piperidine rings is 1. The van der Waals surface area contributed by atoms with Crippen molar-refractivity contribution < 1.29 is 19.0 Å². The molecule has 0 amide bonds. The minimum Gasteiger partial charge on any atom is -0.497 e. The van der Waals surface area contributed by atoms with Gasteiger partial charge in [-0.15, -0.1) is 0 Å². The van der Waals surface area contributed by atoms with Gasteiger partial charge >= 0.3 is 0 Å². The molecule has 2 aromatic carbocycles. The fourth-order valence-electron chi connectivity index (χ4n) is 5.27. The average Bonchev–Trinajstić information content (AvgIpc) is 2.95. The third kappa shape index (κ3) is 5.79. The molecule has 196 valence electrons. The molecule has 3 aromatic rings. The molecule has 2 aliphatic heterocycles. The second kappa shape index (κ2) is 11.9. The fourth-order valence-corrected chi connectivity index (χ4v) is 5.27. The molecule has 0 saturated carbocycles. The Labute approximate surface area is 223 Å². The van der Waals surface area contributed by atoms with Gasteiger partial charge < -0.3 is 28.5 Å². The first-order chi connectivity index (χ1) is 18.6. The first-order valence-electron chi connectivity index (χ1n) is 13.0. The molecule has 0 spiro atoms. The second-order valence-electron chi connectivity index (χ2n) is 9.69. The van der Waals surface area contributed by atoms with E-state index in [0.717, 1.165) is 72.3 Å². The molecule has 9 heteroatoms. The van der Waals surface area contributed by atoms with Gasteiger partial charge in [-0.3, -0.25) is 9.59 Å². The maximum Gasteiger partial charge on any atom is 0.251 e. The van der Waals surface area contributed by atoms with E-state index in [1.54, 1.807) is 29.9 Å². The number of aldehydes is 1. The Morgan fingerprint density at radius 2 is 1.84 bits per heavy atom. The van der Waals surface area contributed by atoms with Crippen LogP contribution in [0.15, 0.2) is 53.3 Å². The number of carbonyl (C=O) groups excluding carboxylic acids is 1. The van der Waals surface area contributed by atoms with E-state index in [2.05, 4.69) is 4.90 Å². The predicted octanol–water partition coefficient (Wildman–Crippen LogP) is 3.04. The molecule has 1 saturated heterocycles. The predicted molar refractivity (Wildman–Crippen MR) is 148 cm³/mol. The first kappa shape index (κ1) is 26.1. The lowest BCUT2D eigenvalue weighted by Crippen LogP contribution is -2.44. The lowest BCUT2D eigenvalue weighted by atomic mass is 9.99. The number of fused-ring (bicyclic) bond motifs is 2. The zero-order chi connectivity index (χ0) is 26.5. The molecule has 2 radical (unpaired) electrons. The highest BCUT2D eigenvalue weighted by atomic mass is 16.6. The number of pyridine rings is 1. The number of nitrogens with zero attached hydrogens (tertiary/aromatic N) is 3. The number of hydrogen-bond donors (Lipinski definition) is 0. The fraction of sp³-hybridized carbons (Fsp3) is 0.379. The van der Waals surface area contributed by atoms with Crippen LogP contribution in [-0.2, 0) is 17.9 Å². The van der Waals surface area contributed by atoms with Gasteiger partial charge in [-0.25, -0.2) is 0 Å². The van der Waals surface area contributed by atoms with Crippen LogP contribution in [0.3, 0.4) is 0 Å². The van der Waals surface area contributed by atoms with Gasteiger partial charge in [0.25, 0.3) is 5.56 Å². The Morgan fingerprint density at radius 1 is 1.05 bits per heavy atom. The van der Waals surface area contributed by atoms with Crippen LogP contribution in [-0.4, -0.2) is 74.5 Å². The topological polar surface area (TPSA) is 73.2 Å². The number of allylic oxidation sites excluding steroid dienone is 1. The van der Waals surface area contributed by atoms with Crippen molar-refractivity contribution in [2.45, 2.75) is 32.0 Å². The highest BCUT2D eigenvalue weighted by Crippen LogP contribution is 2.31. The van der Waals surface area contributed by atoms with Gasteiger partial charge in [-0.1, -0.05) is 12.1 Å². The summed E-state index contributed by atoms with van der Waals surface area (Å²) in [7, 11) is 8.08. The van der Waals surface area contributed by atoms with E-state index in [1.165, 1.54) is 6.08 Å². The SMILES string of the molecule is [B]N(Cc1ccc2c(c1)OCCO2)C1CCN(CCn2c(=O)ccc3c(/C=C/C=O)cc(OC)cc32)CC1. The van der Waals surface area contributed by atoms with E-state index in [4.69, 9.17) is 22.2 Å². The Balaban J connectivity index is 1.21. The summed E-state index contributed by atoms with van der Waals surface area (Å²) in [6.07, 6.45) is 5.84. The van der Waals surface area contributed by atoms with Crippen LogP contribution in [0.2, 0.25) is 0 Å².